The number of allylic oxidation sites excluding steroid dienone is 16. The van der Waals surface area contributed by atoms with Gasteiger partial charge in [-0.2, -0.15) is 0 Å². The molecule has 0 aromatic heterocycles. The van der Waals surface area contributed by atoms with Crippen LogP contribution in [-0.2, 0) is 32.7 Å². The van der Waals surface area contributed by atoms with Gasteiger partial charge in [0.05, 0.1) is 27.7 Å². The van der Waals surface area contributed by atoms with E-state index in [-0.39, 0.29) is 32.0 Å². The molecule has 74 heavy (non-hydrogen) atoms. The van der Waals surface area contributed by atoms with Gasteiger partial charge in [-0.15, -0.1) is 0 Å². The summed E-state index contributed by atoms with van der Waals surface area (Å²) in [5.41, 5.74) is 0. The number of carbonyl (C=O) groups excluding carboxylic acids is 2. The molecule has 2 unspecified atom stereocenters. The van der Waals surface area contributed by atoms with Gasteiger partial charge in [0.25, 0.3) is 7.82 Å². The average Bonchev–Trinajstić information content (AvgIpc) is 3.36. The molecule has 0 spiro atoms. The van der Waals surface area contributed by atoms with E-state index >= 15 is 0 Å². The SMILES string of the molecule is CC/C=C\C/C=C\C/C=C\C/C=C\C/C=C\C/C=C\CCCCCCCCCCC(=O)OC(COC(=O)CCCCCCCCCCCCC/C=C\C/C=C\CCCCCCC)COP(=O)([O-])OCC[N+](C)(C)C. The Morgan fingerprint density at radius 3 is 1.15 bits per heavy atom. The number of phosphoric ester groups is 1. The highest BCUT2D eigenvalue weighted by Crippen LogP contribution is 2.38. The van der Waals surface area contributed by atoms with E-state index in [9.17, 15) is 19.0 Å². The largest absolute Gasteiger partial charge is 0.756 e. The minimum absolute atomic E-state index is 0.0374. The first-order valence-corrected chi connectivity index (χ1v) is 31.4. The summed E-state index contributed by atoms with van der Waals surface area (Å²) in [6, 6.07) is 0. The summed E-state index contributed by atoms with van der Waals surface area (Å²) in [5, 5.41) is 0. The second-order valence-electron chi connectivity index (χ2n) is 21.0. The number of hydrogen-bond acceptors (Lipinski definition) is 8. The topological polar surface area (TPSA) is 111 Å². The fourth-order valence-electron chi connectivity index (χ4n) is 7.98. The lowest BCUT2D eigenvalue weighted by atomic mass is 10.0. The molecule has 0 aromatic rings. The Morgan fingerprint density at radius 1 is 0.432 bits per heavy atom. The van der Waals surface area contributed by atoms with Gasteiger partial charge < -0.3 is 27.9 Å². The van der Waals surface area contributed by atoms with Gasteiger partial charge in [-0.05, 0) is 96.3 Å². The first-order valence-electron chi connectivity index (χ1n) is 29.9. The zero-order valence-corrected chi connectivity index (χ0v) is 49.2. The lowest BCUT2D eigenvalue weighted by Gasteiger charge is -2.28. The number of likely N-dealkylation sites (N-methyl/N-ethyl adjacent to an activating group) is 1. The molecule has 0 bridgehead atoms. The summed E-state index contributed by atoms with van der Waals surface area (Å²) < 4.78 is 34.2. The second-order valence-corrected chi connectivity index (χ2v) is 22.4. The van der Waals surface area contributed by atoms with Crippen molar-refractivity contribution in [2.24, 2.45) is 0 Å². The summed E-state index contributed by atoms with van der Waals surface area (Å²) in [6.07, 6.45) is 74.5. The van der Waals surface area contributed by atoms with Crippen molar-refractivity contribution in [2.75, 3.05) is 47.5 Å². The van der Waals surface area contributed by atoms with E-state index in [0.717, 1.165) is 89.9 Å². The number of nitrogens with zero attached hydrogens (tertiary/aromatic N) is 1. The number of hydrogen-bond donors (Lipinski definition) is 0. The highest BCUT2D eigenvalue weighted by molar-refractivity contribution is 7.45. The molecule has 0 aliphatic heterocycles. The van der Waals surface area contributed by atoms with Gasteiger partial charge in [-0.25, -0.2) is 0 Å². The molecule has 426 valence electrons. The molecule has 9 nitrogen and oxygen atoms in total. The fourth-order valence-corrected chi connectivity index (χ4v) is 8.71. The van der Waals surface area contributed by atoms with Gasteiger partial charge >= 0.3 is 11.9 Å². The van der Waals surface area contributed by atoms with E-state index in [1.807, 2.05) is 21.1 Å². The number of unbranched alkanes of at least 4 members (excludes halogenated alkanes) is 24. The van der Waals surface area contributed by atoms with Crippen LogP contribution >= 0.6 is 7.82 Å². The molecule has 0 heterocycles. The minimum Gasteiger partial charge on any atom is -0.756 e. The second kappa shape index (κ2) is 54.7. The molecular weight excluding hydrogens is 942 g/mol. The van der Waals surface area contributed by atoms with E-state index < -0.39 is 26.5 Å². The van der Waals surface area contributed by atoms with Gasteiger partial charge in [0.2, 0.25) is 0 Å². The van der Waals surface area contributed by atoms with E-state index in [0.29, 0.717) is 17.4 Å². The molecule has 0 aliphatic rings. The third-order valence-electron chi connectivity index (χ3n) is 12.6. The number of quaternary nitrogens is 1. The van der Waals surface area contributed by atoms with Crippen molar-refractivity contribution in [3.63, 3.8) is 0 Å². The first-order chi connectivity index (χ1) is 36.0. The Labute approximate surface area is 455 Å². The quantitative estimate of drug-likeness (QED) is 0.0195. The van der Waals surface area contributed by atoms with E-state index in [4.69, 9.17) is 18.5 Å². The predicted molar refractivity (Wildman–Crippen MR) is 314 cm³/mol. The smallest absolute Gasteiger partial charge is 0.306 e. The lowest BCUT2D eigenvalue weighted by Crippen LogP contribution is -2.37. The summed E-state index contributed by atoms with van der Waals surface area (Å²) in [7, 11) is 1.15. The first kappa shape index (κ1) is 70.9. The highest BCUT2D eigenvalue weighted by atomic mass is 31.2. The molecule has 0 amide bonds. The molecule has 0 radical (unpaired) electrons. The summed E-state index contributed by atoms with van der Waals surface area (Å²) in [5.74, 6) is -0.846. The van der Waals surface area contributed by atoms with Gasteiger partial charge in [-0.1, -0.05) is 233 Å². The van der Waals surface area contributed by atoms with Gasteiger partial charge in [0, 0.05) is 12.8 Å². The number of phosphoric acid groups is 1. The fraction of sp³-hybridized carbons (Fsp3) is 0.719. The zero-order valence-electron chi connectivity index (χ0n) is 48.3. The van der Waals surface area contributed by atoms with Crippen molar-refractivity contribution < 1.29 is 42.1 Å². The summed E-state index contributed by atoms with van der Waals surface area (Å²) in [6.45, 7) is 4.11. The van der Waals surface area contributed by atoms with Crippen LogP contribution in [0.15, 0.2) is 97.2 Å². The van der Waals surface area contributed by atoms with Gasteiger partial charge in [-0.3, -0.25) is 14.2 Å². The standard InChI is InChI=1S/C64H112NO8P/c1-6-8-10-12-14-16-18-20-22-24-26-28-30-31-32-33-35-37-39-41-43-45-47-49-51-53-55-57-64(67)73-62(61-72-74(68,69)71-59-58-65(3,4)5)60-70-63(66)56-54-52-50-48-46-44-42-40-38-36-34-29-27-25-23-21-19-17-15-13-11-9-7-2/h8,10,14,16,19-22,25-28,31-32,35,37,62H,6-7,9,11-13,15,17-18,23-24,29-30,33-34,36,38-61H2,1-5H3/b10-8-,16-14-,21-19-,22-20-,27-25-,28-26-,32-31-,37-35-. The van der Waals surface area contributed by atoms with Crippen LogP contribution in [0.1, 0.15) is 245 Å². The number of ether oxygens (including phenoxy) is 2. The third-order valence-corrected chi connectivity index (χ3v) is 13.6. The zero-order chi connectivity index (χ0) is 54.2. The molecule has 0 N–H and O–H groups in total. The van der Waals surface area contributed by atoms with Crippen molar-refractivity contribution in [3.05, 3.63) is 97.2 Å². The van der Waals surface area contributed by atoms with Crippen LogP contribution in [0.4, 0.5) is 0 Å². The van der Waals surface area contributed by atoms with Crippen LogP contribution in [0.2, 0.25) is 0 Å². The molecule has 0 aliphatic carbocycles. The molecular formula is C64H112NO8P. The van der Waals surface area contributed by atoms with Crippen LogP contribution in [0.25, 0.3) is 0 Å². The average molecular weight is 1050 g/mol. The highest BCUT2D eigenvalue weighted by Gasteiger charge is 2.22. The van der Waals surface area contributed by atoms with Crippen molar-refractivity contribution in [3.8, 4) is 0 Å². The third kappa shape index (κ3) is 58.2. The van der Waals surface area contributed by atoms with Crippen LogP contribution in [0, 0.1) is 0 Å². The minimum atomic E-state index is -4.65. The van der Waals surface area contributed by atoms with E-state index in [1.54, 1.807) is 0 Å². The summed E-state index contributed by atoms with van der Waals surface area (Å²) in [4.78, 5) is 37.9. The Hall–Kier alpha value is -3.07. The van der Waals surface area contributed by atoms with Crippen LogP contribution in [-0.4, -0.2) is 70.0 Å². The van der Waals surface area contributed by atoms with Crippen molar-refractivity contribution in [2.45, 2.75) is 251 Å². The molecule has 0 saturated carbocycles. The normalized spacial score (nSPS) is 14.0. The molecule has 10 heteroatoms. The van der Waals surface area contributed by atoms with Crippen LogP contribution < -0.4 is 4.89 Å². The molecule has 0 saturated heterocycles. The number of carbonyl (C=O) groups is 2. The van der Waals surface area contributed by atoms with E-state index in [2.05, 4.69) is 111 Å². The number of esters is 2. The van der Waals surface area contributed by atoms with Crippen molar-refractivity contribution >= 4 is 19.8 Å². The van der Waals surface area contributed by atoms with Crippen LogP contribution in [0.5, 0.6) is 0 Å². The number of rotatable bonds is 54. The maximum Gasteiger partial charge on any atom is 0.306 e. The summed E-state index contributed by atoms with van der Waals surface area (Å²) >= 11 is 0. The molecule has 0 aromatic carbocycles. The molecule has 2 atom stereocenters. The van der Waals surface area contributed by atoms with E-state index in [1.165, 1.54) is 122 Å². The van der Waals surface area contributed by atoms with Gasteiger partial charge in [0.15, 0.2) is 6.10 Å². The maximum absolute atomic E-state index is 12.8. The maximum atomic E-state index is 12.8. The Bertz CT molecular complexity index is 1570. The lowest BCUT2D eigenvalue weighted by molar-refractivity contribution is -0.870. The molecule has 0 fully saturated rings. The Kier molecular flexibility index (Phi) is 52.4. The monoisotopic (exact) mass is 1050 g/mol. The Morgan fingerprint density at radius 2 is 0.770 bits per heavy atom. The van der Waals surface area contributed by atoms with Gasteiger partial charge in [0.1, 0.15) is 19.8 Å². The van der Waals surface area contributed by atoms with Crippen LogP contribution in [0.3, 0.4) is 0 Å². The Balaban J connectivity index is 4.20. The van der Waals surface area contributed by atoms with Crippen molar-refractivity contribution in [1.82, 2.24) is 0 Å². The molecule has 0 rings (SSSR count). The van der Waals surface area contributed by atoms with Crippen molar-refractivity contribution in [1.29, 1.82) is 0 Å². The predicted octanol–water partition coefficient (Wildman–Crippen LogP) is 18.2.